The van der Waals surface area contributed by atoms with Crippen LogP contribution in [0.25, 0.3) is 0 Å². The number of nitrogens with zero attached hydrogens (tertiary/aromatic N) is 2. The van der Waals surface area contributed by atoms with Crippen molar-refractivity contribution >= 4 is 11.6 Å². The van der Waals surface area contributed by atoms with Crippen LogP contribution in [0.2, 0.25) is 0 Å². The summed E-state index contributed by atoms with van der Waals surface area (Å²) in [6, 6.07) is 2.09. The van der Waals surface area contributed by atoms with Crippen molar-refractivity contribution in [1.82, 2.24) is 9.97 Å². The summed E-state index contributed by atoms with van der Waals surface area (Å²) in [4.78, 5) is 8.63. The fourth-order valence-electron chi connectivity index (χ4n) is 1.46. The number of hydrogen-bond acceptors (Lipinski definition) is 6. The summed E-state index contributed by atoms with van der Waals surface area (Å²) in [6.45, 7) is 6.05. The molecule has 0 aliphatic carbocycles. The Morgan fingerprint density at radius 2 is 1.89 bits per heavy atom. The molecule has 0 fully saturated rings. The number of anilines is 2. The van der Waals surface area contributed by atoms with Crippen molar-refractivity contribution in [2.75, 3.05) is 37.4 Å². The Hall–Kier alpha value is -1.40. The van der Waals surface area contributed by atoms with Crippen molar-refractivity contribution in [2.45, 2.75) is 26.3 Å². The lowest BCUT2D eigenvalue weighted by atomic mass is 10.2. The maximum absolute atomic E-state index is 5.70. The van der Waals surface area contributed by atoms with E-state index in [-0.39, 0.29) is 6.04 Å². The van der Waals surface area contributed by atoms with Gasteiger partial charge in [-0.1, -0.05) is 0 Å². The van der Waals surface area contributed by atoms with Crippen LogP contribution in [0.1, 0.15) is 19.2 Å². The van der Waals surface area contributed by atoms with Crippen molar-refractivity contribution in [1.29, 1.82) is 0 Å². The third-order valence-electron chi connectivity index (χ3n) is 2.36. The van der Waals surface area contributed by atoms with Gasteiger partial charge in [-0.25, -0.2) is 9.97 Å². The lowest BCUT2D eigenvalue weighted by molar-refractivity contribution is 0.210. The van der Waals surface area contributed by atoms with Crippen LogP contribution in [0.15, 0.2) is 6.07 Å². The lowest BCUT2D eigenvalue weighted by Crippen LogP contribution is -2.19. The molecule has 0 aromatic carbocycles. The molecule has 1 rings (SSSR count). The van der Waals surface area contributed by atoms with E-state index >= 15 is 0 Å². The van der Waals surface area contributed by atoms with Gasteiger partial charge in [0.05, 0.1) is 6.61 Å². The molecule has 0 aliphatic heterocycles. The molecule has 1 aromatic heterocycles. The maximum Gasteiger partial charge on any atom is 0.131 e. The molecule has 0 saturated heterocycles. The fourth-order valence-corrected chi connectivity index (χ4v) is 1.46. The second-order valence-corrected chi connectivity index (χ2v) is 4.30. The highest BCUT2D eigenvalue weighted by Crippen LogP contribution is 2.10. The van der Waals surface area contributed by atoms with Gasteiger partial charge in [0, 0.05) is 32.3 Å². The van der Waals surface area contributed by atoms with Crippen molar-refractivity contribution in [3.05, 3.63) is 11.9 Å². The molecular formula is C12H23N5O. The monoisotopic (exact) mass is 253 g/mol. The lowest BCUT2D eigenvalue weighted by Gasteiger charge is -2.10. The van der Waals surface area contributed by atoms with E-state index in [1.165, 1.54) is 0 Å². The molecule has 102 valence electrons. The Kier molecular flexibility index (Phi) is 6.38. The molecule has 1 heterocycles. The first-order valence-electron chi connectivity index (χ1n) is 6.19. The standard InChI is InChI=1S/C12H23N5O/c1-9(13)4-5-14-11-8-12(15-6-7-18-3)17-10(2)16-11/h8-9H,4-7,13H2,1-3H3,(H2,14,15,16,17). The third kappa shape index (κ3) is 5.79. The predicted octanol–water partition coefficient (Wildman–Crippen LogP) is 0.993. The number of ether oxygens (including phenoxy) is 1. The van der Waals surface area contributed by atoms with Crippen LogP contribution in [0.4, 0.5) is 11.6 Å². The molecule has 6 nitrogen and oxygen atoms in total. The van der Waals surface area contributed by atoms with Crippen molar-refractivity contribution in [3.8, 4) is 0 Å². The van der Waals surface area contributed by atoms with Crippen LogP contribution >= 0.6 is 0 Å². The predicted molar refractivity (Wildman–Crippen MR) is 73.9 cm³/mol. The molecule has 0 spiro atoms. The second kappa shape index (κ2) is 7.84. The van der Waals surface area contributed by atoms with Crippen LogP contribution in [0.5, 0.6) is 0 Å². The molecule has 18 heavy (non-hydrogen) atoms. The van der Waals surface area contributed by atoms with E-state index in [0.717, 1.165) is 37.0 Å². The van der Waals surface area contributed by atoms with E-state index in [4.69, 9.17) is 10.5 Å². The number of hydrogen-bond donors (Lipinski definition) is 3. The SMILES string of the molecule is COCCNc1cc(NCCC(C)N)nc(C)n1. The van der Waals surface area contributed by atoms with Crippen LogP contribution in [-0.2, 0) is 4.74 Å². The van der Waals surface area contributed by atoms with Gasteiger partial charge in [-0.15, -0.1) is 0 Å². The first-order chi connectivity index (χ1) is 8.61. The van der Waals surface area contributed by atoms with Gasteiger partial charge in [-0.05, 0) is 20.3 Å². The highest BCUT2D eigenvalue weighted by atomic mass is 16.5. The van der Waals surface area contributed by atoms with Crippen LogP contribution in [-0.4, -0.2) is 42.8 Å². The van der Waals surface area contributed by atoms with Gasteiger partial charge < -0.3 is 21.1 Å². The normalized spacial score (nSPS) is 12.2. The molecule has 1 atom stereocenters. The van der Waals surface area contributed by atoms with E-state index in [0.29, 0.717) is 6.61 Å². The highest BCUT2D eigenvalue weighted by Gasteiger charge is 2.01. The average molecular weight is 253 g/mol. The Labute approximate surface area is 108 Å². The van der Waals surface area contributed by atoms with Gasteiger partial charge in [-0.3, -0.25) is 0 Å². The second-order valence-electron chi connectivity index (χ2n) is 4.30. The number of aryl methyl sites for hydroxylation is 1. The summed E-state index contributed by atoms with van der Waals surface area (Å²) in [6.07, 6.45) is 0.912. The zero-order valence-electron chi connectivity index (χ0n) is 11.4. The number of methoxy groups -OCH3 is 1. The highest BCUT2D eigenvalue weighted by molar-refractivity contribution is 5.47. The summed E-state index contributed by atoms with van der Waals surface area (Å²) >= 11 is 0. The van der Waals surface area contributed by atoms with Gasteiger partial charge in [0.2, 0.25) is 0 Å². The van der Waals surface area contributed by atoms with Gasteiger partial charge in [0.15, 0.2) is 0 Å². The number of nitrogens with one attached hydrogen (secondary N) is 2. The third-order valence-corrected chi connectivity index (χ3v) is 2.36. The summed E-state index contributed by atoms with van der Waals surface area (Å²) in [5.74, 6) is 2.37. The number of nitrogens with two attached hydrogens (primary N) is 1. The quantitative estimate of drug-likeness (QED) is 0.599. The minimum absolute atomic E-state index is 0.194. The van der Waals surface area contributed by atoms with Crippen molar-refractivity contribution in [2.24, 2.45) is 5.73 Å². The molecule has 4 N–H and O–H groups in total. The van der Waals surface area contributed by atoms with Gasteiger partial charge in [-0.2, -0.15) is 0 Å². The van der Waals surface area contributed by atoms with E-state index < -0.39 is 0 Å². The topological polar surface area (TPSA) is 85.1 Å². The molecule has 0 bridgehead atoms. The van der Waals surface area contributed by atoms with E-state index in [1.54, 1.807) is 7.11 Å². The van der Waals surface area contributed by atoms with Crippen molar-refractivity contribution < 1.29 is 4.74 Å². The smallest absolute Gasteiger partial charge is 0.131 e. The summed E-state index contributed by atoms with van der Waals surface area (Å²) in [7, 11) is 1.67. The van der Waals surface area contributed by atoms with Crippen molar-refractivity contribution in [3.63, 3.8) is 0 Å². The van der Waals surface area contributed by atoms with Gasteiger partial charge in [0.25, 0.3) is 0 Å². The Bertz CT molecular complexity index is 356. The van der Waals surface area contributed by atoms with E-state index in [2.05, 4.69) is 20.6 Å². The summed E-state index contributed by atoms with van der Waals surface area (Å²) < 4.78 is 4.98. The van der Waals surface area contributed by atoms with E-state index in [1.807, 2.05) is 19.9 Å². The molecule has 6 heteroatoms. The Balaban J connectivity index is 2.51. The molecule has 0 amide bonds. The first-order valence-corrected chi connectivity index (χ1v) is 6.19. The first kappa shape index (κ1) is 14.7. The van der Waals surface area contributed by atoms with Crippen LogP contribution in [0.3, 0.4) is 0 Å². The van der Waals surface area contributed by atoms with Gasteiger partial charge in [0.1, 0.15) is 17.5 Å². The van der Waals surface area contributed by atoms with Crippen LogP contribution < -0.4 is 16.4 Å². The number of rotatable bonds is 8. The molecular weight excluding hydrogens is 230 g/mol. The molecule has 1 unspecified atom stereocenters. The summed E-state index contributed by atoms with van der Waals surface area (Å²) in [5.41, 5.74) is 5.70. The largest absolute Gasteiger partial charge is 0.383 e. The fraction of sp³-hybridized carbons (Fsp3) is 0.667. The zero-order valence-corrected chi connectivity index (χ0v) is 11.4. The minimum Gasteiger partial charge on any atom is -0.383 e. The molecule has 1 aromatic rings. The Morgan fingerprint density at radius 1 is 1.28 bits per heavy atom. The maximum atomic E-state index is 5.70. The summed E-state index contributed by atoms with van der Waals surface area (Å²) in [5, 5.41) is 6.43. The molecule has 0 radical (unpaired) electrons. The van der Waals surface area contributed by atoms with Gasteiger partial charge >= 0.3 is 0 Å². The molecule has 0 saturated carbocycles. The van der Waals surface area contributed by atoms with E-state index in [9.17, 15) is 0 Å². The molecule has 0 aliphatic rings. The number of aromatic nitrogens is 2. The van der Waals surface area contributed by atoms with Crippen LogP contribution in [0, 0.1) is 6.92 Å². The zero-order chi connectivity index (χ0) is 13.4. The Morgan fingerprint density at radius 3 is 2.44 bits per heavy atom. The average Bonchev–Trinajstić information content (AvgIpc) is 2.28. The minimum atomic E-state index is 0.194.